The fourth-order valence-electron chi connectivity index (χ4n) is 1.58. The summed E-state index contributed by atoms with van der Waals surface area (Å²) in [5.41, 5.74) is 0.470. The van der Waals surface area contributed by atoms with E-state index in [0.29, 0.717) is 16.3 Å². The van der Waals surface area contributed by atoms with Crippen LogP contribution < -0.4 is 0 Å². The second-order valence-corrected chi connectivity index (χ2v) is 6.63. The fourth-order valence-corrected chi connectivity index (χ4v) is 3.23. The lowest BCUT2D eigenvalue weighted by Gasteiger charge is -2.14. The number of hydrogen-bond acceptors (Lipinski definition) is 8. The van der Waals surface area contributed by atoms with Crippen LogP contribution in [0.2, 0.25) is 0 Å². The Kier molecular flexibility index (Phi) is 7.30. The molecule has 1 heterocycles. The first-order valence-corrected chi connectivity index (χ1v) is 8.31. The van der Waals surface area contributed by atoms with Crippen LogP contribution >= 0.6 is 23.1 Å². The van der Waals surface area contributed by atoms with Gasteiger partial charge in [-0.3, -0.25) is 4.79 Å². The molecule has 0 amide bonds. The minimum atomic E-state index is -1.18. The number of aromatic nitrogens is 1. The third kappa shape index (κ3) is 5.39. The van der Waals surface area contributed by atoms with Crippen LogP contribution in [0.3, 0.4) is 0 Å². The van der Waals surface area contributed by atoms with E-state index in [1.165, 1.54) is 6.92 Å². The number of carbonyl (C=O) groups is 2. The van der Waals surface area contributed by atoms with Crippen molar-refractivity contribution in [3.63, 3.8) is 0 Å². The van der Waals surface area contributed by atoms with Crippen LogP contribution in [0.15, 0.2) is 0 Å². The van der Waals surface area contributed by atoms with E-state index in [9.17, 15) is 19.8 Å². The number of hydrogen-bond donors (Lipinski definition) is 2. The third-order valence-electron chi connectivity index (χ3n) is 2.61. The topological polar surface area (TPSA) is 96.7 Å². The largest absolute Gasteiger partial charge is 0.462 e. The first-order chi connectivity index (χ1) is 9.86. The molecule has 8 heteroatoms. The maximum atomic E-state index is 11.7. The number of ether oxygens (including phenoxy) is 1. The van der Waals surface area contributed by atoms with Crippen molar-refractivity contribution in [2.75, 3.05) is 12.4 Å². The van der Waals surface area contributed by atoms with E-state index in [1.54, 1.807) is 13.8 Å². The molecule has 0 saturated carbocycles. The van der Waals surface area contributed by atoms with E-state index >= 15 is 0 Å². The number of rotatable bonds is 7. The molecule has 1 aromatic rings. The Morgan fingerprint density at radius 1 is 1.43 bits per heavy atom. The van der Waals surface area contributed by atoms with Gasteiger partial charge in [-0.15, -0.1) is 11.3 Å². The highest BCUT2D eigenvalue weighted by atomic mass is 32.2. The number of carbonyl (C=O) groups excluding carboxylic acids is 2. The number of aliphatic hydroxyl groups is 2. The van der Waals surface area contributed by atoms with Gasteiger partial charge < -0.3 is 14.9 Å². The Balaban J connectivity index is 2.69. The lowest BCUT2D eigenvalue weighted by atomic mass is 10.1. The zero-order chi connectivity index (χ0) is 16.0. The van der Waals surface area contributed by atoms with Gasteiger partial charge in [-0.1, -0.05) is 11.8 Å². The summed E-state index contributed by atoms with van der Waals surface area (Å²) in [6.07, 6.45) is -1.94. The summed E-state index contributed by atoms with van der Waals surface area (Å²) in [5, 5.41) is 20.2. The minimum Gasteiger partial charge on any atom is -0.462 e. The van der Waals surface area contributed by atoms with Crippen LogP contribution in [0.4, 0.5) is 0 Å². The van der Waals surface area contributed by atoms with Crippen molar-refractivity contribution in [1.29, 1.82) is 0 Å². The summed E-state index contributed by atoms with van der Waals surface area (Å²) in [6, 6.07) is 0. The predicted molar refractivity (Wildman–Crippen MR) is 81.5 cm³/mol. The molecule has 0 aliphatic rings. The van der Waals surface area contributed by atoms with Gasteiger partial charge in [0, 0.05) is 12.7 Å². The fraction of sp³-hybridized carbons (Fsp3) is 0.615. The van der Waals surface area contributed by atoms with Crippen molar-refractivity contribution in [2.24, 2.45) is 0 Å². The summed E-state index contributed by atoms with van der Waals surface area (Å²) >= 11 is 2.11. The summed E-state index contributed by atoms with van der Waals surface area (Å²) < 4.78 is 4.90. The number of aryl methyl sites for hydroxylation is 1. The number of thiazole rings is 1. The SMILES string of the molecule is CCOC(=O)c1sc(C(O)C(O)CCSC(C)=O)nc1C. The lowest BCUT2D eigenvalue weighted by Crippen LogP contribution is -2.19. The normalized spacial score (nSPS) is 13.8. The van der Waals surface area contributed by atoms with Gasteiger partial charge in [0.05, 0.1) is 18.4 Å². The van der Waals surface area contributed by atoms with E-state index in [-0.39, 0.29) is 23.2 Å². The molecular weight excluding hydrogens is 314 g/mol. The highest BCUT2D eigenvalue weighted by Crippen LogP contribution is 2.27. The second kappa shape index (κ2) is 8.47. The number of aliphatic hydroxyl groups excluding tert-OH is 2. The zero-order valence-electron chi connectivity index (χ0n) is 12.2. The average Bonchev–Trinajstić information content (AvgIpc) is 2.79. The molecule has 0 saturated heterocycles. The van der Waals surface area contributed by atoms with Crippen molar-refractivity contribution in [2.45, 2.75) is 39.4 Å². The van der Waals surface area contributed by atoms with Gasteiger partial charge in [-0.05, 0) is 20.3 Å². The quantitative estimate of drug-likeness (QED) is 0.733. The van der Waals surface area contributed by atoms with E-state index in [0.717, 1.165) is 23.1 Å². The average molecular weight is 333 g/mol. The third-order valence-corrected chi connectivity index (χ3v) is 4.66. The van der Waals surface area contributed by atoms with Crippen molar-refractivity contribution < 1.29 is 24.5 Å². The molecule has 0 radical (unpaired) electrons. The van der Waals surface area contributed by atoms with E-state index in [4.69, 9.17) is 4.74 Å². The molecule has 2 unspecified atom stereocenters. The van der Waals surface area contributed by atoms with Gasteiger partial charge in [0.2, 0.25) is 0 Å². The molecule has 0 spiro atoms. The molecule has 6 nitrogen and oxygen atoms in total. The van der Waals surface area contributed by atoms with Gasteiger partial charge in [0.25, 0.3) is 0 Å². The molecule has 1 aromatic heterocycles. The van der Waals surface area contributed by atoms with Gasteiger partial charge in [-0.2, -0.15) is 0 Å². The standard InChI is InChI=1S/C13H19NO5S2/c1-4-19-13(18)11-7(2)14-12(21-11)10(17)9(16)5-6-20-8(3)15/h9-10,16-17H,4-6H2,1-3H3. The van der Waals surface area contributed by atoms with Crippen LogP contribution in [0, 0.1) is 6.92 Å². The zero-order valence-corrected chi connectivity index (χ0v) is 13.8. The molecule has 118 valence electrons. The monoisotopic (exact) mass is 333 g/mol. The van der Waals surface area contributed by atoms with Crippen LogP contribution in [-0.2, 0) is 9.53 Å². The molecule has 2 atom stereocenters. The van der Waals surface area contributed by atoms with Crippen LogP contribution in [0.1, 0.15) is 46.7 Å². The first kappa shape index (κ1) is 18.1. The maximum Gasteiger partial charge on any atom is 0.350 e. The van der Waals surface area contributed by atoms with Crippen LogP contribution in [0.5, 0.6) is 0 Å². The number of nitrogens with zero attached hydrogens (tertiary/aromatic N) is 1. The number of esters is 1. The summed E-state index contributed by atoms with van der Waals surface area (Å²) in [4.78, 5) is 26.9. The molecule has 2 N–H and O–H groups in total. The van der Waals surface area contributed by atoms with E-state index in [1.807, 2.05) is 0 Å². The molecule has 0 fully saturated rings. The summed E-state index contributed by atoms with van der Waals surface area (Å²) in [5.74, 6) is -0.0598. The molecule has 0 aromatic carbocycles. The molecule has 21 heavy (non-hydrogen) atoms. The Labute approximate surface area is 131 Å². The Bertz CT molecular complexity index is 503. The van der Waals surface area contributed by atoms with E-state index in [2.05, 4.69) is 4.98 Å². The van der Waals surface area contributed by atoms with Crippen LogP contribution in [-0.4, -0.2) is 44.7 Å². The Morgan fingerprint density at radius 2 is 2.10 bits per heavy atom. The van der Waals surface area contributed by atoms with Crippen molar-refractivity contribution in [3.8, 4) is 0 Å². The Hall–Kier alpha value is -0.960. The smallest absolute Gasteiger partial charge is 0.350 e. The van der Waals surface area contributed by atoms with Crippen LogP contribution in [0.25, 0.3) is 0 Å². The van der Waals surface area contributed by atoms with E-state index < -0.39 is 18.2 Å². The predicted octanol–water partition coefficient (Wildman–Crippen LogP) is 1.69. The summed E-state index contributed by atoms with van der Waals surface area (Å²) in [6.45, 7) is 5.07. The van der Waals surface area contributed by atoms with Crippen molar-refractivity contribution >= 4 is 34.2 Å². The lowest BCUT2D eigenvalue weighted by molar-refractivity contribution is -0.109. The van der Waals surface area contributed by atoms with Crippen molar-refractivity contribution in [3.05, 3.63) is 15.6 Å². The van der Waals surface area contributed by atoms with Gasteiger partial charge in [0.1, 0.15) is 16.0 Å². The summed E-state index contributed by atoms with van der Waals surface area (Å²) in [7, 11) is 0. The highest BCUT2D eigenvalue weighted by molar-refractivity contribution is 8.13. The molecule has 0 bridgehead atoms. The molecule has 1 rings (SSSR count). The Morgan fingerprint density at radius 3 is 2.67 bits per heavy atom. The first-order valence-electron chi connectivity index (χ1n) is 6.50. The maximum absolute atomic E-state index is 11.7. The van der Waals surface area contributed by atoms with Gasteiger partial charge in [-0.25, -0.2) is 9.78 Å². The number of thioether (sulfide) groups is 1. The van der Waals surface area contributed by atoms with Crippen molar-refractivity contribution in [1.82, 2.24) is 4.98 Å². The van der Waals surface area contributed by atoms with Gasteiger partial charge in [0.15, 0.2) is 5.12 Å². The minimum absolute atomic E-state index is 0.0358. The van der Waals surface area contributed by atoms with Gasteiger partial charge >= 0.3 is 5.97 Å². The second-order valence-electron chi connectivity index (χ2n) is 4.33. The molecule has 0 aliphatic carbocycles. The molecular formula is C13H19NO5S2. The molecule has 0 aliphatic heterocycles. The highest BCUT2D eigenvalue weighted by Gasteiger charge is 2.25.